The molecule has 13 rings (SSSR count). The van der Waals surface area contributed by atoms with Gasteiger partial charge in [0.2, 0.25) is 18.0 Å². The Bertz CT molecular complexity index is 4290. The van der Waals surface area contributed by atoms with Crippen LogP contribution in [0.1, 0.15) is 104 Å². The van der Waals surface area contributed by atoms with Crippen molar-refractivity contribution in [2.75, 3.05) is 33.1 Å². The molecule has 25 heteroatoms. The number of esters is 2. The number of rotatable bonds is 17. The molecular formula is C62H54N6O19. The predicted octanol–water partition coefficient (Wildman–Crippen LogP) is 5.81. The quantitative estimate of drug-likeness (QED) is 0.0486. The van der Waals surface area contributed by atoms with Gasteiger partial charge < -0.3 is 52.1 Å². The number of ether oxygens (including phenoxy) is 8. The number of phenols is 1. The smallest absolute Gasteiger partial charge is 0.508 e. The summed E-state index contributed by atoms with van der Waals surface area (Å²) in [7, 11) is 0. The van der Waals surface area contributed by atoms with Gasteiger partial charge in [-0.25, -0.2) is 29.1 Å². The highest BCUT2D eigenvalue weighted by molar-refractivity contribution is 6.16. The van der Waals surface area contributed by atoms with Crippen molar-refractivity contribution in [1.82, 2.24) is 28.9 Å². The van der Waals surface area contributed by atoms with Gasteiger partial charge in [0.15, 0.2) is 11.5 Å². The number of amides is 4. The molecule has 11 heterocycles. The molecule has 2 atom stereocenters. The molecule has 25 nitrogen and oxygen atoms in total. The van der Waals surface area contributed by atoms with Crippen molar-refractivity contribution in [2.24, 2.45) is 0 Å². The number of aromatic hydroxyl groups is 1. The first-order valence-electron chi connectivity index (χ1n) is 28.6. The van der Waals surface area contributed by atoms with Crippen molar-refractivity contribution in [3.8, 4) is 40.0 Å². The molecule has 0 aliphatic carbocycles. The Hall–Kier alpha value is -10.2. The molecule has 0 saturated carbocycles. The van der Waals surface area contributed by atoms with Crippen LogP contribution >= 0.6 is 0 Å². The number of nitrogens with zero attached hydrogens (tertiary/aromatic N) is 6. The highest BCUT2D eigenvalue weighted by Gasteiger charge is 2.53. The summed E-state index contributed by atoms with van der Waals surface area (Å²) in [6.45, 7) is 3.75. The van der Waals surface area contributed by atoms with E-state index in [4.69, 9.17) is 47.9 Å². The number of aromatic nitrogens is 4. The summed E-state index contributed by atoms with van der Waals surface area (Å²) in [4.78, 5) is 147. The second-order valence-electron chi connectivity index (χ2n) is 21.9. The molecule has 6 aromatic rings. The van der Waals surface area contributed by atoms with Crippen molar-refractivity contribution in [1.29, 1.82) is 0 Å². The molecule has 4 amide bonds. The van der Waals surface area contributed by atoms with E-state index in [2.05, 4.69) is 6.92 Å². The number of carbonyl (C=O) groups is 8. The lowest BCUT2D eigenvalue weighted by atomic mass is 9.85. The van der Waals surface area contributed by atoms with Gasteiger partial charge in [0.25, 0.3) is 34.7 Å². The first kappa shape index (κ1) is 56.0. The van der Waals surface area contributed by atoms with Crippen LogP contribution < -0.4 is 20.6 Å². The molecule has 0 fully saturated rings. The number of hydrogen-bond donors (Lipinski definition) is 1. The number of phenolic OH excluding ortho intramolecular Hbond substituents is 1. The Balaban J connectivity index is 0.706. The second-order valence-corrected chi connectivity index (χ2v) is 21.9. The van der Waals surface area contributed by atoms with Gasteiger partial charge in [0, 0.05) is 82.4 Å². The number of hydrogen-bond acceptors (Lipinski definition) is 21. The van der Waals surface area contributed by atoms with Crippen LogP contribution in [0.2, 0.25) is 0 Å². The maximum absolute atomic E-state index is 14.5. The first-order chi connectivity index (χ1) is 42.0. The summed E-state index contributed by atoms with van der Waals surface area (Å²) >= 11 is 0. The van der Waals surface area contributed by atoms with Crippen molar-refractivity contribution < 1.29 is 81.4 Å². The molecular weight excluding hydrogens is 1130 g/mol. The number of benzene rings is 2. The van der Waals surface area contributed by atoms with Crippen molar-refractivity contribution in [3.05, 3.63) is 131 Å². The van der Waals surface area contributed by atoms with Crippen LogP contribution in [0, 0.1) is 0 Å². The van der Waals surface area contributed by atoms with Gasteiger partial charge in [-0.05, 0) is 86.1 Å². The average Bonchev–Trinajstić information content (AvgIpc) is 1.87. The molecule has 1 N–H and O–H groups in total. The summed E-state index contributed by atoms with van der Waals surface area (Å²) in [6.07, 6.45) is 2.92. The monoisotopic (exact) mass is 1190 g/mol. The number of unbranched alkanes of at least 4 members (excludes halogenated alkanes) is 1. The lowest BCUT2D eigenvalue weighted by molar-refractivity contribution is -0.175. The Labute approximate surface area is 492 Å². The number of aryl methyl sites for hydroxylation is 1. The summed E-state index contributed by atoms with van der Waals surface area (Å²) in [5, 5.41) is 12.0. The van der Waals surface area contributed by atoms with Gasteiger partial charge in [-0.1, -0.05) is 27.2 Å². The average molecular weight is 1190 g/mol. The van der Waals surface area contributed by atoms with Gasteiger partial charge in [-0.15, -0.1) is 0 Å². The zero-order valence-electron chi connectivity index (χ0n) is 47.3. The van der Waals surface area contributed by atoms with Gasteiger partial charge in [-0.2, -0.15) is 0 Å². The summed E-state index contributed by atoms with van der Waals surface area (Å²) < 4.78 is 47.7. The van der Waals surface area contributed by atoms with Crippen LogP contribution in [0.4, 0.5) is 9.59 Å². The highest BCUT2D eigenvalue weighted by atomic mass is 16.8. The molecule has 87 heavy (non-hydrogen) atoms. The van der Waals surface area contributed by atoms with Crippen molar-refractivity contribution in [2.45, 2.75) is 110 Å². The zero-order chi connectivity index (χ0) is 60.8. The standard InChI is InChI=1S/C62H54N6O19/c1-4-7-10-33-36-22-47-48(85-30-84-47)25-44(36)64-52-37(33)26-67-45(52)23-41-39(55(67)74)28-82-57(76)61(41,5-2)87-60(79)81-18-9-16-66-51(72)20-31(54(66)73)19-34-35-21-32(69)11-12-43(35)63-53-38(34)27-68-46(53)24-42-40(56(68)75)29-83-58(77)62(42,6-3)86-59(78)80-17-8-15-65-49(70)13-14-50(65)71/h11-14,20-25,69H,4-10,15-19,26-30H2,1-3H3/t61-,62-/m0/s1. The van der Waals surface area contributed by atoms with Crippen LogP contribution in [0.5, 0.6) is 17.2 Å². The molecule has 4 aromatic heterocycles. The number of cyclic esters (lactones) is 2. The Morgan fingerprint density at radius 3 is 1.72 bits per heavy atom. The van der Waals surface area contributed by atoms with E-state index >= 15 is 0 Å². The number of fused-ring (bicyclic) bond motifs is 11. The maximum atomic E-state index is 14.5. The summed E-state index contributed by atoms with van der Waals surface area (Å²) in [5.74, 6) is -3.17. The molecule has 2 aromatic carbocycles. The molecule has 0 radical (unpaired) electrons. The number of carbonyl (C=O) groups excluding carboxylic acids is 8. The fourth-order valence-electron chi connectivity index (χ4n) is 12.7. The van der Waals surface area contributed by atoms with Crippen LogP contribution in [-0.2, 0) is 108 Å². The van der Waals surface area contributed by atoms with E-state index in [1.165, 1.54) is 28.8 Å². The normalized spacial score (nSPS) is 19.2. The summed E-state index contributed by atoms with van der Waals surface area (Å²) in [6, 6.07) is 11.3. The van der Waals surface area contributed by atoms with Gasteiger partial charge in [0.1, 0.15) is 19.0 Å². The Morgan fingerprint density at radius 1 is 0.609 bits per heavy atom. The van der Waals surface area contributed by atoms with Gasteiger partial charge >= 0.3 is 24.2 Å². The molecule has 0 spiro atoms. The van der Waals surface area contributed by atoms with Crippen LogP contribution in [0.3, 0.4) is 0 Å². The number of pyridine rings is 4. The van der Waals surface area contributed by atoms with E-state index in [9.17, 15) is 53.1 Å². The Morgan fingerprint density at radius 2 is 1.15 bits per heavy atom. The Kier molecular flexibility index (Phi) is 13.8. The SMILES string of the molecule is CCCCc1c2c(nc3cc4c(cc13)OCO4)-c1cc3c(c(=O)n1C2)COC(=O)[C@@]3(CC)OC(=O)OCCCN1C(=O)C=C(Cc2c3c(nc4ccc(O)cc24)-c2cc4c(c(=O)n2C3)COC(=O)[C@@]4(CC)OC(=O)OCCCN2C(=O)C=CC2=O)C1=O. The number of imide groups is 2. The molecule has 0 saturated heterocycles. The van der Waals surface area contributed by atoms with Crippen LogP contribution in [0.25, 0.3) is 44.6 Å². The fourth-order valence-corrected chi connectivity index (χ4v) is 12.7. The largest absolute Gasteiger partial charge is 0.509 e. The predicted molar refractivity (Wildman–Crippen MR) is 299 cm³/mol. The van der Waals surface area contributed by atoms with E-state index in [0.29, 0.717) is 56.9 Å². The zero-order valence-corrected chi connectivity index (χ0v) is 47.3. The third kappa shape index (κ3) is 9.03. The second kappa shape index (κ2) is 21.4. The van der Waals surface area contributed by atoms with E-state index in [-0.39, 0.29) is 130 Å². The lowest BCUT2D eigenvalue weighted by Gasteiger charge is -2.35. The molecule has 0 unspecified atom stereocenters. The first-order valence-corrected chi connectivity index (χ1v) is 28.6. The minimum absolute atomic E-state index is 0.0203. The summed E-state index contributed by atoms with van der Waals surface area (Å²) in [5.41, 5.74) is 0.427. The highest BCUT2D eigenvalue weighted by Crippen LogP contribution is 2.46. The van der Waals surface area contributed by atoms with Gasteiger partial charge in [0.05, 0.1) is 71.2 Å². The molecule has 446 valence electrons. The van der Waals surface area contributed by atoms with Crippen LogP contribution in [0.15, 0.2) is 75.9 Å². The lowest BCUT2D eigenvalue weighted by Crippen LogP contribution is -2.47. The van der Waals surface area contributed by atoms with Crippen LogP contribution in [-0.4, -0.2) is 115 Å². The fraction of sp³-hybridized carbons (Fsp3) is 0.355. The molecule has 7 aliphatic rings. The molecule has 7 aliphatic heterocycles. The van der Waals surface area contributed by atoms with Crippen molar-refractivity contribution >= 4 is 69.7 Å². The maximum Gasteiger partial charge on any atom is 0.509 e. The molecule has 0 bridgehead atoms. The third-order valence-electron chi connectivity index (χ3n) is 17.2. The minimum Gasteiger partial charge on any atom is -0.508 e. The van der Waals surface area contributed by atoms with E-state index in [1.807, 2.05) is 12.1 Å². The minimum atomic E-state index is -2.14. The van der Waals surface area contributed by atoms with Gasteiger partial charge in [-0.3, -0.25) is 38.6 Å². The third-order valence-corrected chi connectivity index (χ3v) is 17.2. The van der Waals surface area contributed by atoms with E-state index < -0.39 is 76.8 Å². The topological polar surface area (TPSA) is 307 Å². The van der Waals surface area contributed by atoms with Crippen molar-refractivity contribution in [3.63, 3.8) is 0 Å². The van der Waals surface area contributed by atoms with E-state index in [1.54, 1.807) is 30.5 Å². The van der Waals surface area contributed by atoms with E-state index in [0.717, 1.165) is 51.3 Å².